The van der Waals surface area contributed by atoms with Crippen molar-refractivity contribution < 1.29 is 14.2 Å². The number of methoxy groups -OCH3 is 3. The molecule has 0 saturated heterocycles. The lowest BCUT2D eigenvalue weighted by Crippen LogP contribution is -2.27. The van der Waals surface area contributed by atoms with Gasteiger partial charge in [0, 0.05) is 30.9 Å². The van der Waals surface area contributed by atoms with E-state index in [2.05, 4.69) is 0 Å². The summed E-state index contributed by atoms with van der Waals surface area (Å²) in [6.45, 7) is 0. The van der Waals surface area contributed by atoms with Crippen LogP contribution >= 0.6 is 0 Å². The van der Waals surface area contributed by atoms with E-state index >= 15 is 0 Å². The van der Waals surface area contributed by atoms with Crippen LogP contribution in [0.15, 0.2) is 35.3 Å². The predicted octanol–water partition coefficient (Wildman–Crippen LogP) is 1.46. The number of nitrogens with zero attached hydrogens (tertiary/aromatic N) is 1. The molecule has 1 unspecified atom stereocenters. The lowest BCUT2D eigenvalue weighted by molar-refractivity contribution is 0.366. The van der Waals surface area contributed by atoms with E-state index in [0.717, 1.165) is 0 Å². The van der Waals surface area contributed by atoms with Crippen LogP contribution in [0.5, 0.6) is 17.2 Å². The topological polar surface area (TPSA) is 75.7 Å². The first-order chi connectivity index (χ1) is 10.5. The van der Waals surface area contributed by atoms with Crippen LogP contribution in [0.25, 0.3) is 0 Å². The molecule has 0 aliphatic carbocycles. The van der Waals surface area contributed by atoms with Crippen LogP contribution < -0.4 is 25.5 Å². The fourth-order valence-corrected chi connectivity index (χ4v) is 2.35. The number of benzene rings is 1. The second-order valence-corrected chi connectivity index (χ2v) is 4.80. The van der Waals surface area contributed by atoms with Crippen LogP contribution in [0.3, 0.4) is 0 Å². The zero-order chi connectivity index (χ0) is 16.3. The van der Waals surface area contributed by atoms with Crippen LogP contribution in [-0.2, 0) is 7.05 Å². The standard InChI is InChI=1S/C16H20N2O4/c1-18-7-5-6-11(16(18)19)15(17)14-12(21-3)8-10(20-2)9-13(14)22-4/h5-9,15H,17H2,1-4H3. The molecule has 6 nitrogen and oxygen atoms in total. The maximum Gasteiger partial charge on any atom is 0.255 e. The highest BCUT2D eigenvalue weighted by atomic mass is 16.5. The summed E-state index contributed by atoms with van der Waals surface area (Å²) < 4.78 is 17.5. The minimum Gasteiger partial charge on any atom is -0.496 e. The molecule has 0 amide bonds. The van der Waals surface area contributed by atoms with Gasteiger partial charge in [0.2, 0.25) is 0 Å². The molecule has 118 valence electrons. The number of hydrogen-bond donors (Lipinski definition) is 1. The summed E-state index contributed by atoms with van der Waals surface area (Å²) >= 11 is 0. The third kappa shape index (κ3) is 2.78. The Morgan fingerprint density at radius 3 is 2.18 bits per heavy atom. The second kappa shape index (κ2) is 6.53. The smallest absolute Gasteiger partial charge is 0.255 e. The quantitative estimate of drug-likeness (QED) is 0.905. The molecular formula is C16H20N2O4. The number of nitrogens with two attached hydrogens (primary N) is 1. The Kier molecular flexibility index (Phi) is 4.72. The third-order valence-corrected chi connectivity index (χ3v) is 3.55. The van der Waals surface area contributed by atoms with Crippen molar-refractivity contribution in [2.45, 2.75) is 6.04 Å². The maximum absolute atomic E-state index is 12.3. The second-order valence-electron chi connectivity index (χ2n) is 4.80. The zero-order valence-corrected chi connectivity index (χ0v) is 13.1. The number of hydrogen-bond acceptors (Lipinski definition) is 5. The van der Waals surface area contributed by atoms with Crippen molar-refractivity contribution in [3.8, 4) is 17.2 Å². The van der Waals surface area contributed by atoms with Crippen molar-refractivity contribution >= 4 is 0 Å². The molecule has 1 aromatic heterocycles. The van der Waals surface area contributed by atoms with Gasteiger partial charge in [0.1, 0.15) is 17.2 Å². The van der Waals surface area contributed by atoms with Gasteiger partial charge in [-0.05, 0) is 6.07 Å². The number of pyridine rings is 1. The number of rotatable bonds is 5. The molecule has 1 heterocycles. The molecule has 0 aliphatic rings. The number of ether oxygens (including phenoxy) is 3. The highest BCUT2D eigenvalue weighted by Gasteiger charge is 2.23. The Bertz CT molecular complexity index is 699. The first-order valence-electron chi connectivity index (χ1n) is 6.74. The van der Waals surface area contributed by atoms with Crippen molar-refractivity contribution in [2.75, 3.05) is 21.3 Å². The van der Waals surface area contributed by atoms with Crippen molar-refractivity contribution in [1.82, 2.24) is 4.57 Å². The van der Waals surface area contributed by atoms with E-state index in [1.807, 2.05) is 0 Å². The normalized spacial score (nSPS) is 11.9. The summed E-state index contributed by atoms with van der Waals surface area (Å²) in [6.07, 6.45) is 1.68. The van der Waals surface area contributed by atoms with Crippen LogP contribution in [0, 0.1) is 0 Å². The molecule has 22 heavy (non-hydrogen) atoms. The Hall–Kier alpha value is -2.47. The highest BCUT2D eigenvalue weighted by molar-refractivity contribution is 5.54. The van der Waals surface area contributed by atoms with Gasteiger partial charge in [0.15, 0.2) is 0 Å². The lowest BCUT2D eigenvalue weighted by Gasteiger charge is -2.20. The van der Waals surface area contributed by atoms with Gasteiger partial charge in [0.05, 0.1) is 32.9 Å². The zero-order valence-electron chi connectivity index (χ0n) is 13.1. The van der Waals surface area contributed by atoms with E-state index in [4.69, 9.17) is 19.9 Å². The SMILES string of the molecule is COc1cc(OC)c(C(N)c2cccn(C)c2=O)c(OC)c1. The van der Waals surface area contributed by atoms with E-state index in [1.54, 1.807) is 44.6 Å². The summed E-state index contributed by atoms with van der Waals surface area (Å²) in [5, 5.41) is 0. The summed E-state index contributed by atoms with van der Waals surface area (Å²) in [6, 6.07) is 6.24. The van der Waals surface area contributed by atoms with E-state index in [-0.39, 0.29) is 5.56 Å². The molecule has 1 atom stereocenters. The van der Waals surface area contributed by atoms with Crippen LogP contribution in [-0.4, -0.2) is 25.9 Å². The first-order valence-corrected chi connectivity index (χ1v) is 6.74. The van der Waals surface area contributed by atoms with Gasteiger partial charge in [-0.2, -0.15) is 0 Å². The molecule has 1 aromatic carbocycles. The molecule has 0 spiro atoms. The molecule has 0 fully saturated rings. The lowest BCUT2D eigenvalue weighted by atomic mass is 9.98. The van der Waals surface area contributed by atoms with E-state index in [1.165, 1.54) is 18.8 Å². The molecule has 6 heteroatoms. The molecule has 0 radical (unpaired) electrons. The maximum atomic E-state index is 12.3. The van der Waals surface area contributed by atoms with E-state index in [9.17, 15) is 4.79 Å². The summed E-state index contributed by atoms with van der Waals surface area (Å²) in [5.41, 5.74) is 7.23. The van der Waals surface area contributed by atoms with Crippen LogP contribution in [0.2, 0.25) is 0 Å². The van der Waals surface area contributed by atoms with Crippen molar-refractivity contribution in [3.63, 3.8) is 0 Å². The van der Waals surface area contributed by atoms with E-state index in [0.29, 0.717) is 28.4 Å². The minimum atomic E-state index is -0.671. The summed E-state index contributed by atoms with van der Waals surface area (Å²) in [7, 11) is 6.31. The number of aryl methyl sites for hydroxylation is 1. The summed E-state index contributed by atoms with van der Waals surface area (Å²) in [4.78, 5) is 12.3. The van der Waals surface area contributed by atoms with Gasteiger partial charge in [-0.25, -0.2) is 0 Å². The molecule has 0 bridgehead atoms. The van der Waals surface area contributed by atoms with Gasteiger partial charge >= 0.3 is 0 Å². The molecule has 2 rings (SSSR count). The minimum absolute atomic E-state index is 0.157. The van der Waals surface area contributed by atoms with Gasteiger partial charge in [-0.3, -0.25) is 4.79 Å². The van der Waals surface area contributed by atoms with Gasteiger partial charge in [-0.15, -0.1) is 0 Å². The molecule has 0 saturated carbocycles. The predicted molar refractivity (Wildman–Crippen MR) is 83.8 cm³/mol. The molecular weight excluding hydrogens is 284 g/mol. The average Bonchev–Trinajstić information content (AvgIpc) is 2.55. The average molecular weight is 304 g/mol. The molecule has 2 aromatic rings. The molecule has 2 N–H and O–H groups in total. The van der Waals surface area contributed by atoms with Gasteiger partial charge in [-0.1, -0.05) is 6.07 Å². The van der Waals surface area contributed by atoms with Crippen molar-refractivity contribution in [3.05, 3.63) is 51.9 Å². The van der Waals surface area contributed by atoms with E-state index < -0.39 is 6.04 Å². The fourth-order valence-electron chi connectivity index (χ4n) is 2.35. The van der Waals surface area contributed by atoms with Crippen LogP contribution in [0.4, 0.5) is 0 Å². The highest BCUT2D eigenvalue weighted by Crippen LogP contribution is 2.38. The fraction of sp³-hybridized carbons (Fsp3) is 0.312. The van der Waals surface area contributed by atoms with Crippen molar-refractivity contribution in [1.29, 1.82) is 0 Å². The summed E-state index contributed by atoms with van der Waals surface area (Å²) in [5.74, 6) is 1.61. The Labute approximate surface area is 129 Å². The third-order valence-electron chi connectivity index (χ3n) is 3.55. The Morgan fingerprint density at radius 1 is 1.09 bits per heavy atom. The van der Waals surface area contributed by atoms with Crippen molar-refractivity contribution in [2.24, 2.45) is 12.8 Å². The van der Waals surface area contributed by atoms with Crippen LogP contribution in [0.1, 0.15) is 17.2 Å². The Morgan fingerprint density at radius 2 is 1.68 bits per heavy atom. The van der Waals surface area contributed by atoms with Gasteiger partial charge in [0.25, 0.3) is 5.56 Å². The Balaban J connectivity index is 2.64. The first kappa shape index (κ1) is 15.9. The molecule has 0 aliphatic heterocycles. The van der Waals surface area contributed by atoms with Gasteiger partial charge < -0.3 is 24.5 Å². The largest absolute Gasteiger partial charge is 0.496 e. The number of aromatic nitrogens is 1. The monoisotopic (exact) mass is 304 g/mol.